The number of carbonyl (C=O) groups is 1. The average Bonchev–Trinajstić information content (AvgIpc) is 2.99. The molecule has 2 N–H and O–H groups in total. The number of benzene rings is 2. The second-order valence-electron chi connectivity index (χ2n) is 6.40. The number of carbonyl (C=O) groups excluding carboxylic acids is 1. The van der Waals surface area contributed by atoms with E-state index in [1.807, 2.05) is 42.6 Å². The highest BCUT2D eigenvalue weighted by atomic mass is 16.6. The second-order valence-corrected chi connectivity index (χ2v) is 6.40. The number of ether oxygens (including phenoxy) is 1. The zero-order valence-electron chi connectivity index (χ0n) is 14.3. The first-order valence-electron chi connectivity index (χ1n) is 8.60. The van der Waals surface area contributed by atoms with E-state index in [0.717, 1.165) is 22.0 Å². The van der Waals surface area contributed by atoms with Crippen LogP contribution in [0, 0.1) is 0 Å². The van der Waals surface area contributed by atoms with Crippen molar-refractivity contribution >= 4 is 17.0 Å². The molecule has 132 valence electrons. The van der Waals surface area contributed by atoms with Gasteiger partial charge in [-0.1, -0.05) is 36.4 Å². The SMILES string of the molecule is C=CC1c2c(O)ccc3[nH]cc(c23)CCN1C(=O)OCc1ccccc1. The summed E-state index contributed by atoms with van der Waals surface area (Å²) in [6.45, 7) is 4.59. The third-order valence-corrected chi connectivity index (χ3v) is 4.86. The maximum Gasteiger partial charge on any atom is 0.410 e. The van der Waals surface area contributed by atoms with E-state index in [1.54, 1.807) is 17.0 Å². The lowest BCUT2D eigenvalue weighted by atomic mass is 9.99. The van der Waals surface area contributed by atoms with Crippen LogP contribution in [-0.4, -0.2) is 27.6 Å². The first-order valence-corrected chi connectivity index (χ1v) is 8.60. The predicted octanol–water partition coefficient (Wildman–Crippen LogP) is 4.30. The van der Waals surface area contributed by atoms with Gasteiger partial charge in [0.25, 0.3) is 0 Å². The molecule has 0 saturated carbocycles. The summed E-state index contributed by atoms with van der Waals surface area (Å²) >= 11 is 0. The van der Waals surface area contributed by atoms with Gasteiger partial charge in [0.15, 0.2) is 0 Å². The van der Waals surface area contributed by atoms with Crippen molar-refractivity contribution in [1.82, 2.24) is 9.88 Å². The van der Waals surface area contributed by atoms with Gasteiger partial charge in [-0.3, -0.25) is 4.90 Å². The number of phenolic OH excluding ortho intramolecular Hbond substituents is 1. The summed E-state index contributed by atoms with van der Waals surface area (Å²) in [6.07, 6.45) is 3.89. The molecule has 0 aliphatic carbocycles. The van der Waals surface area contributed by atoms with E-state index >= 15 is 0 Å². The fourth-order valence-corrected chi connectivity index (χ4v) is 3.60. The Hall–Kier alpha value is -3.21. The maximum absolute atomic E-state index is 12.8. The van der Waals surface area contributed by atoms with Crippen LogP contribution in [0.1, 0.15) is 22.7 Å². The fourth-order valence-electron chi connectivity index (χ4n) is 3.60. The summed E-state index contributed by atoms with van der Waals surface area (Å²) in [5, 5.41) is 11.4. The average molecular weight is 348 g/mol. The molecule has 1 unspecified atom stereocenters. The summed E-state index contributed by atoms with van der Waals surface area (Å²) in [5.41, 5.74) is 3.65. The normalized spacial score (nSPS) is 16.3. The van der Waals surface area contributed by atoms with Crippen molar-refractivity contribution in [1.29, 1.82) is 0 Å². The zero-order chi connectivity index (χ0) is 18.1. The molecule has 1 aliphatic rings. The quantitative estimate of drug-likeness (QED) is 0.694. The number of nitrogens with zero attached hydrogens (tertiary/aromatic N) is 1. The standard InChI is InChI=1S/C21H20N2O3/c1-2-17-20-18(24)9-8-16-19(20)15(12-22-16)10-11-23(17)21(25)26-13-14-6-4-3-5-7-14/h2-9,12,17,22,24H,1,10-11,13H2. The molecule has 1 amide bonds. The molecule has 26 heavy (non-hydrogen) atoms. The van der Waals surface area contributed by atoms with Crippen molar-refractivity contribution in [3.05, 3.63) is 78.0 Å². The van der Waals surface area contributed by atoms with Crippen LogP contribution >= 0.6 is 0 Å². The number of rotatable bonds is 3. The molecule has 2 aromatic carbocycles. The van der Waals surface area contributed by atoms with Crippen molar-refractivity contribution in [2.75, 3.05) is 6.54 Å². The summed E-state index contributed by atoms with van der Waals surface area (Å²) < 4.78 is 5.52. The van der Waals surface area contributed by atoms with Crippen LogP contribution in [-0.2, 0) is 17.8 Å². The second kappa shape index (κ2) is 6.59. The van der Waals surface area contributed by atoms with E-state index in [2.05, 4.69) is 11.6 Å². The fraction of sp³-hybridized carbons (Fsp3) is 0.190. The molecule has 5 nitrogen and oxygen atoms in total. The smallest absolute Gasteiger partial charge is 0.410 e. The third kappa shape index (κ3) is 2.71. The molecule has 3 aromatic rings. The summed E-state index contributed by atoms with van der Waals surface area (Å²) in [4.78, 5) is 17.6. The summed E-state index contributed by atoms with van der Waals surface area (Å²) in [5.74, 6) is 0.158. The monoisotopic (exact) mass is 348 g/mol. The molecule has 0 saturated heterocycles. The number of hydrogen-bond acceptors (Lipinski definition) is 3. The van der Waals surface area contributed by atoms with Gasteiger partial charge in [-0.05, 0) is 29.7 Å². The van der Waals surface area contributed by atoms with Gasteiger partial charge in [-0.15, -0.1) is 6.58 Å². The van der Waals surface area contributed by atoms with E-state index in [9.17, 15) is 9.90 Å². The highest BCUT2D eigenvalue weighted by Crippen LogP contribution is 2.40. The lowest BCUT2D eigenvalue weighted by Crippen LogP contribution is -2.35. The molecule has 1 aromatic heterocycles. The van der Waals surface area contributed by atoms with E-state index in [4.69, 9.17) is 4.74 Å². The molecule has 0 radical (unpaired) electrons. The summed E-state index contributed by atoms with van der Waals surface area (Å²) in [6, 6.07) is 12.6. The van der Waals surface area contributed by atoms with Crippen LogP contribution < -0.4 is 0 Å². The topological polar surface area (TPSA) is 65.6 Å². The Labute approximate surface area is 151 Å². The molecular formula is C21H20N2O3. The molecule has 0 bridgehead atoms. The minimum Gasteiger partial charge on any atom is -0.508 e. The van der Waals surface area contributed by atoms with E-state index in [0.29, 0.717) is 18.5 Å². The molecule has 0 fully saturated rings. The first-order chi connectivity index (χ1) is 12.7. The third-order valence-electron chi connectivity index (χ3n) is 4.86. The van der Waals surface area contributed by atoms with Crippen LogP contribution in [0.3, 0.4) is 0 Å². The lowest BCUT2D eigenvalue weighted by Gasteiger charge is -2.28. The van der Waals surface area contributed by atoms with Crippen molar-refractivity contribution in [3.8, 4) is 5.75 Å². The van der Waals surface area contributed by atoms with Crippen molar-refractivity contribution in [2.45, 2.75) is 19.1 Å². The van der Waals surface area contributed by atoms with Crippen LogP contribution in [0.2, 0.25) is 0 Å². The number of hydrogen-bond donors (Lipinski definition) is 2. The highest BCUT2D eigenvalue weighted by Gasteiger charge is 2.31. The highest BCUT2D eigenvalue weighted by molar-refractivity contribution is 5.90. The van der Waals surface area contributed by atoms with Gasteiger partial charge in [0.05, 0.1) is 6.04 Å². The van der Waals surface area contributed by atoms with Gasteiger partial charge in [-0.25, -0.2) is 4.79 Å². The maximum atomic E-state index is 12.8. The molecular weight excluding hydrogens is 328 g/mol. The Balaban J connectivity index is 1.65. The number of aromatic hydroxyl groups is 1. The zero-order valence-corrected chi connectivity index (χ0v) is 14.3. The van der Waals surface area contributed by atoms with Crippen LogP contribution in [0.25, 0.3) is 10.9 Å². The van der Waals surface area contributed by atoms with Crippen molar-refractivity contribution in [3.63, 3.8) is 0 Å². The van der Waals surface area contributed by atoms with Crippen LogP contribution in [0.5, 0.6) is 5.75 Å². The molecule has 1 aliphatic heterocycles. The van der Waals surface area contributed by atoms with Gasteiger partial charge in [-0.2, -0.15) is 0 Å². The lowest BCUT2D eigenvalue weighted by molar-refractivity contribution is 0.0881. The Bertz CT molecular complexity index is 962. The number of amides is 1. The molecule has 1 atom stereocenters. The van der Waals surface area contributed by atoms with E-state index < -0.39 is 12.1 Å². The van der Waals surface area contributed by atoms with Gasteiger partial charge < -0.3 is 14.8 Å². The number of phenols is 1. The number of H-pyrrole nitrogens is 1. The van der Waals surface area contributed by atoms with Gasteiger partial charge >= 0.3 is 6.09 Å². The van der Waals surface area contributed by atoms with Gasteiger partial charge in [0.2, 0.25) is 0 Å². The Morgan fingerprint density at radius 2 is 2.12 bits per heavy atom. The number of aromatic nitrogens is 1. The van der Waals surface area contributed by atoms with Crippen molar-refractivity contribution in [2.24, 2.45) is 0 Å². The minimum atomic E-state index is -0.445. The van der Waals surface area contributed by atoms with E-state index in [-0.39, 0.29) is 12.4 Å². The van der Waals surface area contributed by atoms with Crippen LogP contribution in [0.4, 0.5) is 4.79 Å². The Morgan fingerprint density at radius 1 is 1.31 bits per heavy atom. The number of aromatic amines is 1. The molecule has 0 spiro atoms. The van der Waals surface area contributed by atoms with Gasteiger partial charge in [0.1, 0.15) is 12.4 Å². The summed E-state index contributed by atoms with van der Waals surface area (Å²) in [7, 11) is 0. The van der Waals surface area contributed by atoms with Gasteiger partial charge in [0, 0.05) is 29.2 Å². The molecule has 4 rings (SSSR count). The molecule has 5 heteroatoms. The first kappa shape index (κ1) is 16.3. The van der Waals surface area contributed by atoms with Crippen LogP contribution in [0.15, 0.2) is 61.3 Å². The largest absolute Gasteiger partial charge is 0.508 e. The predicted molar refractivity (Wildman–Crippen MR) is 99.9 cm³/mol. The minimum absolute atomic E-state index is 0.158. The molecule has 2 heterocycles. The Morgan fingerprint density at radius 3 is 2.88 bits per heavy atom. The number of nitrogens with one attached hydrogen (secondary N) is 1. The Kier molecular flexibility index (Phi) is 4.13. The van der Waals surface area contributed by atoms with E-state index in [1.165, 1.54) is 0 Å². The van der Waals surface area contributed by atoms with Crippen molar-refractivity contribution < 1.29 is 14.6 Å².